The standard InChI is InChI=1S/C26H33N3O3/c1-4-27-13-15-28(16-14-27)21-9-5-7-19-25(21)22-10-6-8-20(29(22)26(19)30)18-11-12-23(31-2)24(17-18)32-3/h5,7,9,11-12,17,20,30H,4,6,8,10,13-16H2,1-3H3/t20-/m1/s1. The monoisotopic (exact) mass is 435 g/mol. The molecule has 2 aromatic carbocycles. The van der Waals surface area contributed by atoms with E-state index in [9.17, 15) is 5.11 Å². The van der Waals surface area contributed by atoms with Gasteiger partial charge in [0.15, 0.2) is 17.4 Å². The Bertz CT molecular complexity index is 1120. The molecule has 1 fully saturated rings. The number of ether oxygens (including phenoxy) is 2. The lowest BCUT2D eigenvalue weighted by atomic mass is 9.95. The van der Waals surface area contributed by atoms with Crippen molar-refractivity contribution in [3.63, 3.8) is 0 Å². The molecule has 3 heterocycles. The lowest BCUT2D eigenvalue weighted by Crippen LogP contribution is -2.46. The number of anilines is 1. The molecular weight excluding hydrogens is 402 g/mol. The number of aromatic hydroxyl groups is 1. The molecule has 6 nitrogen and oxygen atoms in total. The van der Waals surface area contributed by atoms with E-state index in [1.165, 1.54) is 16.8 Å². The molecule has 1 aromatic heterocycles. The highest BCUT2D eigenvalue weighted by Crippen LogP contribution is 2.46. The molecule has 0 bridgehead atoms. The van der Waals surface area contributed by atoms with Crippen molar-refractivity contribution < 1.29 is 14.6 Å². The number of methoxy groups -OCH3 is 2. The van der Waals surface area contributed by atoms with Crippen LogP contribution in [-0.4, -0.2) is 61.5 Å². The highest BCUT2D eigenvalue weighted by atomic mass is 16.5. The third kappa shape index (κ3) is 3.37. The molecule has 5 rings (SSSR count). The number of nitrogens with zero attached hydrogens (tertiary/aromatic N) is 3. The summed E-state index contributed by atoms with van der Waals surface area (Å²) in [5, 5.41) is 13.6. The molecule has 32 heavy (non-hydrogen) atoms. The molecule has 2 aliphatic rings. The number of aryl methyl sites for hydroxylation is 1. The van der Waals surface area contributed by atoms with Crippen LogP contribution in [-0.2, 0) is 6.42 Å². The van der Waals surface area contributed by atoms with Gasteiger partial charge in [0.05, 0.1) is 20.3 Å². The topological polar surface area (TPSA) is 50.1 Å². The molecule has 0 saturated carbocycles. The average Bonchev–Trinajstić information content (AvgIpc) is 3.16. The van der Waals surface area contributed by atoms with Crippen LogP contribution >= 0.6 is 0 Å². The van der Waals surface area contributed by atoms with Crippen LogP contribution in [0.1, 0.15) is 37.1 Å². The van der Waals surface area contributed by atoms with Crippen molar-refractivity contribution >= 4 is 16.5 Å². The summed E-state index contributed by atoms with van der Waals surface area (Å²) < 4.78 is 13.1. The van der Waals surface area contributed by atoms with Crippen molar-refractivity contribution in [2.45, 2.75) is 32.2 Å². The highest BCUT2D eigenvalue weighted by molar-refractivity contribution is 6.00. The molecule has 170 valence electrons. The molecule has 0 unspecified atom stereocenters. The lowest BCUT2D eigenvalue weighted by molar-refractivity contribution is 0.271. The van der Waals surface area contributed by atoms with Gasteiger partial charge in [0.25, 0.3) is 0 Å². The van der Waals surface area contributed by atoms with Gasteiger partial charge < -0.3 is 28.9 Å². The first-order valence-electron chi connectivity index (χ1n) is 11.7. The second-order valence-electron chi connectivity index (χ2n) is 8.78. The largest absolute Gasteiger partial charge is 0.494 e. The van der Waals surface area contributed by atoms with E-state index >= 15 is 0 Å². The number of benzene rings is 2. The summed E-state index contributed by atoms with van der Waals surface area (Å²) in [4.78, 5) is 4.99. The van der Waals surface area contributed by atoms with E-state index in [0.29, 0.717) is 5.88 Å². The minimum absolute atomic E-state index is 0.0794. The molecule has 1 atom stereocenters. The summed E-state index contributed by atoms with van der Waals surface area (Å²) in [6.45, 7) is 7.56. The SMILES string of the molecule is CCN1CCN(c2cccc3c(O)n4c(c23)CCC[C@@H]4c2ccc(OC)c(OC)c2)CC1. The van der Waals surface area contributed by atoms with Gasteiger partial charge in [-0.1, -0.05) is 19.1 Å². The Morgan fingerprint density at radius 2 is 1.78 bits per heavy atom. The summed E-state index contributed by atoms with van der Waals surface area (Å²) in [6, 6.07) is 12.6. The minimum atomic E-state index is 0.0794. The zero-order chi connectivity index (χ0) is 22.2. The number of piperazine rings is 1. The maximum atomic E-state index is 11.4. The van der Waals surface area contributed by atoms with Crippen molar-refractivity contribution in [3.05, 3.63) is 47.7 Å². The first-order valence-corrected chi connectivity index (χ1v) is 11.7. The van der Waals surface area contributed by atoms with Crippen LogP contribution in [0.2, 0.25) is 0 Å². The molecule has 2 aliphatic heterocycles. The summed E-state index contributed by atoms with van der Waals surface area (Å²) in [5.74, 6) is 1.83. The van der Waals surface area contributed by atoms with Gasteiger partial charge in [-0.05, 0) is 55.6 Å². The summed E-state index contributed by atoms with van der Waals surface area (Å²) in [7, 11) is 3.32. The third-order valence-electron chi connectivity index (χ3n) is 7.25. The Morgan fingerprint density at radius 1 is 1.00 bits per heavy atom. The van der Waals surface area contributed by atoms with E-state index < -0.39 is 0 Å². The predicted molar refractivity (Wildman–Crippen MR) is 129 cm³/mol. The van der Waals surface area contributed by atoms with Gasteiger partial charge in [0.2, 0.25) is 0 Å². The van der Waals surface area contributed by atoms with Crippen LogP contribution in [0.25, 0.3) is 10.8 Å². The van der Waals surface area contributed by atoms with Gasteiger partial charge in [0.1, 0.15) is 0 Å². The fourth-order valence-corrected chi connectivity index (χ4v) is 5.53. The smallest absolute Gasteiger partial charge is 0.199 e. The predicted octanol–water partition coefficient (Wildman–Crippen LogP) is 4.43. The summed E-state index contributed by atoms with van der Waals surface area (Å²) in [5.41, 5.74) is 3.64. The third-order valence-corrected chi connectivity index (χ3v) is 7.25. The van der Waals surface area contributed by atoms with Crippen molar-refractivity contribution in [1.29, 1.82) is 0 Å². The molecule has 0 amide bonds. The van der Waals surface area contributed by atoms with Gasteiger partial charge in [-0.2, -0.15) is 0 Å². The Labute approximate surface area is 189 Å². The number of fused-ring (bicyclic) bond motifs is 3. The zero-order valence-electron chi connectivity index (χ0n) is 19.3. The number of hydrogen-bond donors (Lipinski definition) is 1. The lowest BCUT2D eigenvalue weighted by Gasteiger charge is -2.36. The Morgan fingerprint density at radius 3 is 2.50 bits per heavy atom. The van der Waals surface area contributed by atoms with E-state index in [2.05, 4.69) is 45.6 Å². The van der Waals surface area contributed by atoms with Crippen LogP contribution in [0.5, 0.6) is 17.4 Å². The van der Waals surface area contributed by atoms with Crippen LogP contribution in [0.15, 0.2) is 36.4 Å². The van der Waals surface area contributed by atoms with E-state index in [4.69, 9.17) is 9.47 Å². The molecule has 0 aliphatic carbocycles. The fraction of sp³-hybridized carbons (Fsp3) is 0.462. The number of hydrogen-bond acceptors (Lipinski definition) is 5. The maximum Gasteiger partial charge on any atom is 0.199 e. The summed E-state index contributed by atoms with van der Waals surface area (Å²) >= 11 is 0. The second kappa shape index (κ2) is 8.58. The van der Waals surface area contributed by atoms with Crippen molar-refractivity contribution in [1.82, 2.24) is 9.47 Å². The molecule has 6 heteroatoms. The molecule has 0 spiro atoms. The van der Waals surface area contributed by atoms with Gasteiger partial charge in [-0.25, -0.2) is 0 Å². The number of aromatic nitrogens is 1. The van der Waals surface area contributed by atoms with Crippen LogP contribution in [0, 0.1) is 0 Å². The Hall–Kier alpha value is -2.86. The molecular formula is C26H33N3O3. The van der Waals surface area contributed by atoms with Gasteiger partial charge in [0, 0.05) is 48.3 Å². The second-order valence-corrected chi connectivity index (χ2v) is 8.78. The van der Waals surface area contributed by atoms with Crippen molar-refractivity contribution in [3.8, 4) is 17.4 Å². The molecule has 1 saturated heterocycles. The normalized spacial score (nSPS) is 19.2. The van der Waals surface area contributed by atoms with Crippen LogP contribution in [0.3, 0.4) is 0 Å². The highest BCUT2D eigenvalue weighted by Gasteiger charge is 2.30. The summed E-state index contributed by atoms with van der Waals surface area (Å²) in [6.07, 6.45) is 3.06. The van der Waals surface area contributed by atoms with Gasteiger partial charge in [-0.15, -0.1) is 0 Å². The first kappa shape index (κ1) is 21.0. The Kier molecular flexibility index (Phi) is 5.64. The maximum absolute atomic E-state index is 11.4. The van der Waals surface area contributed by atoms with Gasteiger partial charge >= 0.3 is 0 Å². The van der Waals surface area contributed by atoms with E-state index in [1.807, 2.05) is 12.1 Å². The zero-order valence-corrected chi connectivity index (χ0v) is 19.3. The van der Waals surface area contributed by atoms with E-state index in [-0.39, 0.29) is 6.04 Å². The quantitative estimate of drug-likeness (QED) is 0.642. The van der Waals surface area contributed by atoms with Crippen molar-refractivity contribution in [2.75, 3.05) is 51.8 Å². The Balaban J connectivity index is 1.60. The van der Waals surface area contributed by atoms with Crippen molar-refractivity contribution in [2.24, 2.45) is 0 Å². The molecule has 3 aromatic rings. The van der Waals surface area contributed by atoms with E-state index in [0.717, 1.165) is 74.4 Å². The number of rotatable bonds is 5. The van der Waals surface area contributed by atoms with E-state index in [1.54, 1.807) is 14.2 Å². The fourth-order valence-electron chi connectivity index (χ4n) is 5.53. The minimum Gasteiger partial charge on any atom is -0.494 e. The average molecular weight is 436 g/mol. The van der Waals surface area contributed by atoms with Gasteiger partial charge in [-0.3, -0.25) is 0 Å². The molecule has 1 N–H and O–H groups in total. The first-order chi connectivity index (χ1) is 15.7. The molecule has 0 radical (unpaired) electrons. The van der Waals surface area contributed by atoms with Crippen LogP contribution < -0.4 is 14.4 Å². The number of likely N-dealkylation sites (N-methyl/N-ethyl adjacent to an activating group) is 1. The van der Waals surface area contributed by atoms with Crippen LogP contribution in [0.4, 0.5) is 5.69 Å².